The fourth-order valence-corrected chi connectivity index (χ4v) is 5.29. The zero-order valence-electron chi connectivity index (χ0n) is 12.1. The first kappa shape index (κ1) is 15.2. The summed E-state index contributed by atoms with van der Waals surface area (Å²) in [7, 11) is 0. The smallest absolute Gasteiger partial charge is 0.237 e. The predicted molar refractivity (Wildman–Crippen MR) is 81.9 cm³/mol. The standard InChI is InChI=1S/C15H28N2OS/c1-11-4-2-6-13(10-11)19-9-7-12-5-3-8-15(12,17)14(16)18/h11-13H,2-10,17H2,1H3,(H2,16,18). The first-order chi connectivity index (χ1) is 9.02. The van der Waals surface area contributed by atoms with Gasteiger partial charge in [0.2, 0.25) is 5.91 Å². The van der Waals surface area contributed by atoms with Gasteiger partial charge in [-0.1, -0.05) is 26.2 Å². The van der Waals surface area contributed by atoms with Gasteiger partial charge in [-0.2, -0.15) is 11.8 Å². The van der Waals surface area contributed by atoms with Gasteiger partial charge in [-0.25, -0.2) is 0 Å². The Kier molecular flexibility index (Phi) is 5.18. The number of rotatable bonds is 5. The SMILES string of the molecule is CC1CCCC(SCCC2CCCC2(N)C(N)=O)C1. The predicted octanol–water partition coefficient (Wildman–Crippen LogP) is 2.67. The molecule has 4 unspecified atom stereocenters. The highest BCUT2D eigenvalue weighted by atomic mass is 32.2. The summed E-state index contributed by atoms with van der Waals surface area (Å²) in [6.07, 6.45) is 9.45. The monoisotopic (exact) mass is 284 g/mol. The van der Waals surface area contributed by atoms with E-state index in [0.29, 0.717) is 5.92 Å². The van der Waals surface area contributed by atoms with Gasteiger partial charge in [0.25, 0.3) is 0 Å². The summed E-state index contributed by atoms with van der Waals surface area (Å²) in [5, 5.41) is 0.825. The van der Waals surface area contributed by atoms with Crippen LogP contribution in [0.1, 0.15) is 58.3 Å². The number of hydrogen-bond donors (Lipinski definition) is 2. The molecule has 2 aliphatic rings. The van der Waals surface area contributed by atoms with Gasteiger partial charge in [0, 0.05) is 5.25 Å². The van der Waals surface area contributed by atoms with Gasteiger partial charge in [0.05, 0.1) is 5.54 Å². The van der Waals surface area contributed by atoms with Crippen molar-refractivity contribution in [1.29, 1.82) is 0 Å². The second-order valence-electron chi connectivity index (χ2n) is 6.55. The number of nitrogens with two attached hydrogens (primary N) is 2. The molecular formula is C15H28N2OS. The lowest BCUT2D eigenvalue weighted by Crippen LogP contribution is -2.54. The second kappa shape index (κ2) is 6.49. The third-order valence-electron chi connectivity index (χ3n) is 5.04. The van der Waals surface area contributed by atoms with E-state index >= 15 is 0 Å². The zero-order valence-corrected chi connectivity index (χ0v) is 12.9. The molecule has 19 heavy (non-hydrogen) atoms. The van der Waals surface area contributed by atoms with Crippen LogP contribution < -0.4 is 11.5 Å². The van der Waals surface area contributed by atoms with Gasteiger partial charge >= 0.3 is 0 Å². The molecule has 3 nitrogen and oxygen atoms in total. The van der Waals surface area contributed by atoms with Crippen molar-refractivity contribution in [3.63, 3.8) is 0 Å². The molecule has 0 spiro atoms. The number of carbonyl (C=O) groups excluding carboxylic acids is 1. The summed E-state index contributed by atoms with van der Waals surface area (Å²) < 4.78 is 0. The Hall–Kier alpha value is -0.220. The molecule has 4 heteroatoms. The van der Waals surface area contributed by atoms with Crippen LogP contribution in [0.4, 0.5) is 0 Å². The Balaban J connectivity index is 1.74. The molecule has 0 aliphatic heterocycles. The molecule has 0 aromatic heterocycles. The van der Waals surface area contributed by atoms with Gasteiger partial charge in [-0.15, -0.1) is 0 Å². The van der Waals surface area contributed by atoms with E-state index in [-0.39, 0.29) is 5.91 Å². The number of hydrogen-bond acceptors (Lipinski definition) is 3. The van der Waals surface area contributed by atoms with Crippen LogP contribution in [0.25, 0.3) is 0 Å². The lowest BCUT2D eigenvalue weighted by Gasteiger charge is -2.29. The molecule has 0 heterocycles. The summed E-state index contributed by atoms with van der Waals surface area (Å²) in [5.74, 6) is 2.02. The van der Waals surface area contributed by atoms with E-state index in [1.165, 1.54) is 25.7 Å². The van der Waals surface area contributed by atoms with E-state index in [4.69, 9.17) is 11.5 Å². The van der Waals surface area contributed by atoms with Crippen molar-refractivity contribution >= 4 is 17.7 Å². The van der Waals surface area contributed by atoms with Crippen LogP contribution in [-0.4, -0.2) is 22.4 Å². The first-order valence-electron chi connectivity index (χ1n) is 7.72. The Morgan fingerprint density at radius 3 is 2.79 bits per heavy atom. The van der Waals surface area contributed by atoms with Crippen LogP contribution in [-0.2, 0) is 4.79 Å². The highest BCUT2D eigenvalue weighted by molar-refractivity contribution is 7.99. The van der Waals surface area contributed by atoms with E-state index in [2.05, 4.69) is 18.7 Å². The highest BCUT2D eigenvalue weighted by Crippen LogP contribution is 2.38. The Bertz CT molecular complexity index is 323. The topological polar surface area (TPSA) is 69.1 Å². The number of thioether (sulfide) groups is 1. The summed E-state index contributed by atoms with van der Waals surface area (Å²) >= 11 is 2.09. The van der Waals surface area contributed by atoms with E-state index in [9.17, 15) is 4.79 Å². The highest BCUT2D eigenvalue weighted by Gasteiger charge is 2.43. The number of amides is 1. The maximum Gasteiger partial charge on any atom is 0.237 e. The average Bonchev–Trinajstić information content (AvgIpc) is 2.73. The van der Waals surface area contributed by atoms with Crippen molar-refractivity contribution in [3.8, 4) is 0 Å². The minimum atomic E-state index is -0.722. The minimum absolute atomic E-state index is 0.300. The van der Waals surface area contributed by atoms with Crippen LogP contribution in [0.5, 0.6) is 0 Å². The van der Waals surface area contributed by atoms with E-state index < -0.39 is 5.54 Å². The van der Waals surface area contributed by atoms with Gasteiger partial charge < -0.3 is 11.5 Å². The zero-order chi connectivity index (χ0) is 13.9. The molecular weight excluding hydrogens is 256 g/mol. The lowest BCUT2D eigenvalue weighted by atomic mass is 9.85. The van der Waals surface area contributed by atoms with Crippen LogP contribution in [0.3, 0.4) is 0 Å². The first-order valence-corrected chi connectivity index (χ1v) is 8.77. The molecule has 2 fully saturated rings. The molecule has 0 aromatic carbocycles. The second-order valence-corrected chi connectivity index (χ2v) is 7.96. The minimum Gasteiger partial charge on any atom is -0.368 e. The normalized spacial score (nSPS) is 39.4. The maximum absolute atomic E-state index is 11.5. The molecule has 0 radical (unpaired) electrons. The van der Waals surface area contributed by atoms with Gasteiger partial charge in [0.15, 0.2) is 0 Å². The number of primary amides is 1. The van der Waals surface area contributed by atoms with Gasteiger partial charge in [-0.05, 0) is 49.7 Å². The third-order valence-corrected chi connectivity index (χ3v) is 6.41. The van der Waals surface area contributed by atoms with Crippen molar-refractivity contribution in [1.82, 2.24) is 0 Å². The third kappa shape index (κ3) is 3.66. The van der Waals surface area contributed by atoms with Crippen LogP contribution in [0.15, 0.2) is 0 Å². The maximum atomic E-state index is 11.5. The van der Waals surface area contributed by atoms with Gasteiger partial charge in [-0.3, -0.25) is 4.79 Å². The molecule has 0 aromatic rings. The Morgan fingerprint density at radius 1 is 1.32 bits per heavy atom. The largest absolute Gasteiger partial charge is 0.368 e. The molecule has 4 atom stereocenters. The van der Waals surface area contributed by atoms with Crippen molar-refractivity contribution in [3.05, 3.63) is 0 Å². The van der Waals surface area contributed by atoms with Gasteiger partial charge in [0.1, 0.15) is 0 Å². The summed E-state index contributed by atoms with van der Waals surface area (Å²) in [6.45, 7) is 2.36. The van der Waals surface area contributed by atoms with Crippen molar-refractivity contribution < 1.29 is 4.79 Å². The Labute approximate surface area is 121 Å². The molecule has 0 bridgehead atoms. The van der Waals surface area contributed by atoms with Crippen molar-refractivity contribution in [2.75, 3.05) is 5.75 Å². The molecule has 0 saturated heterocycles. The summed E-state index contributed by atoms with van der Waals surface area (Å²) in [5.41, 5.74) is 11.0. The molecule has 4 N–H and O–H groups in total. The fraction of sp³-hybridized carbons (Fsp3) is 0.933. The van der Waals surface area contributed by atoms with E-state index in [0.717, 1.165) is 42.6 Å². The molecule has 1 amide bonds. The quantitative estimate of drug-likeness (QED) is 0.815. The lowest BCUT2D eigenvalue weighted by molar-refractivity contribution is -0.124. The van der Waals surface area contributed by atoms with Crippen LogP contribution in [0.2, 0.25) is 0 Å². The summed E-state index contributed by atoms with van der Waals surface area (Å²) in [4.78, 5) is 11.5. The van der Waals surface area contributed by atoms with E-state index in [1.807, 2.05) is 0 Å². The molecule has 2 aliphatic carbocycles. The van der Waals surface area contributed by atoms with Crippen LogP contribution in [0, 0.1) is 11.8 Å². The fourth-order valence-electron chi connectivity index (χ4n) is 3.74. The summed E-state index contributed by atoms with van der Waals surface area (Å²) in [6, 6.07) is 0. The number of carbonyl (C=O) groups is 1. The van der Waals surface area contributed by atoms with Crippen LogP contribution >= 0.6 is 11.8 Å². The molecule has 110 valence electrons. The molecule has 2 saturated carbocycles. The average molecular weight is 284 g/mol. The molecule has 2 rings (SSSR count). The Morgan fingerprint density at radius 2 is 2.11 bits per heavy atom. The van der Waals surface area contributed by atoms with Crippen molar-refractivity contribution in [2.24, 2.45) is 23.3 Å². The van der Waals surface area contributed by atoms with E-state index in [1.54, 1.807) is 0 Å². The van der Waals surface area contributed by atoms with Crippen molar-refractivity contribution in [2.45, 2.75) is 69.1 Å².